The van der Waals surface area contributed by atoms with Crippen LogP contribution in [-0.2, 0) is 9.59 Å². The molecule has 4 heteroatoms. The fourth-order valence-electron chi connectivity index (χ4n) is 2.66. The van der Waals surface area contributed by atoms with Gasteiger partial charge in [0.25, 0.3) is 0 Å². The monoisotopic (exact) mass is 282 g/mol. The zero-order valence-corrected chi connectivity index (χ0v) is 13.6. The van der Waals surface area contributed by atoms with Gasteiger partial charge < -0.3 is 9.80 Å². The van der Waals surface area contributed by atoms with Crippen molar-refractivity contribution in [2.75, 3.05) is 26.7 Å². The van der Waals surface area contributed by atoms with Gasteiger partial charge in [-0.05, 0) is 32.1 Å². The van der Waals surface area contributed by atoms with Gasteiger partial charge in [-0.3, -0.25) is 9.59 Å². The Kier molecular flexibility index (Phi) is 6.50. The molecule has 20 heavy (non-hydrogen) atoms. The van der Waals surface area contributed by atoms with Gasteiger partial charge in [0, 0.05) is 26.7 Å². The Morgan fingerprint density at radius 3 is 1.85 bits per heavy atom. The number of carbonyl (C=O) groups excluding carboxylic acids is 2. The summed E-state index contributed by atoms with van der Waals surface area (Å²) in [4.78, 5) is 28.9. The molecular weight excluding hydrogens is 252 g/mol. The molecule has 1 fully saturated rings. The van der Waals surface area contributed by atoms with E-state index in [1.807, 2.05) is 11.9 Å². The predicted molar refractivity (Wildman–Crippen MR) is 81.4 cm³/mol. The van der Waals surface area contributed by atoms with E-state index >= 15 is 0 Å². The molecule has 1 aliphatic rings. The lowest BCUT2D eigenvalue weighted by atomic mass is 10.0. The third-order valence-corrected chi connectivity index (χ3v) is 4.04. The number of amides is 2. The lowest BCUT2D eigenvalue weighted by molar-refractivity contribution is -0.148. The van der Waals surface area contributed by atoms with E-state index in [1.54, 1.807) is 4.90 Å². The minimum Gasteiger partial charge on any atom is -0.345 e. The molecular formula is C16H30N2O2. The number of rotatable bonds is 9. The van der Waals surface area contributed by atoms with Crippen LogP contribution in [0.4, 0.5) is 0 Å². The van der Waals surface area contributed by atoms with Crippen LogP contribution < -0.4 is 0 Å². The van der Waals surface area contributed by atoms with Crippen molar-refractivity contribution in [2.24, 2.45) is 5.41 Å². The van der Waals surface area contributed by atoms with E-state index < -0.39 is 5.41 Å². The van der Waals surface area contributed by atoms with Crippen LogP contribution in [0.25, 0.3) is 0 Å². The zero-order chi connectivity index (χ0) is 15.2. The summed E-state index contributed by atoms with van der Waals surface area (Å²) in [6.45, 7) is 8.54. The van der Waals surface area contributed by atoms with E-state index in [9.17, 15) is 9.59 Å². The molecule has 0 N–H and O–H groups in total. The standard InChI is InChI=1S/C16H30N2O2/c1-5-8-13-17(4)14(19)16(9-10-16)15(20)18(11-6-2)12-7-3/h5-13H2,1-4H3. The first-order valence-corrected chi connectivity index (χ1v) is 8.08. The van der Waals surface area contributed by atoms with Crippen molar-refractivity contribution in [3.8, 4) is 0 Å². The maximum absolute atomic E-state index is 12.7. The maximum Gasteiger partial charge on any atom is 0.238 e. The molecule has 0 atom stereocenters. The fourth-order valence-corrected chi connectivity index (χ4v) is 2.66. The largest absolute Gasteiger partial charge is 0.345 e. The summed E-state index contributed by atoms with van der Waals surface area (Å²) in [5, 5.41) is 0. The Bertz CT molecular complexity index is 331. The van der Waals surface area contributed by atoms with Crippen LogP contribution in [0.2, 0.25) is 0 Å². The summed E-state index contributed by atoms with van der Waals surface area (Å²) in [6, 6.07) is 0. The molecule has 0 aromatic heterocycles. The van der Waals surface area contributed by atoms with Crippen molar-refractivity contribution in [3.05, 3.63) is 0 Å². The first-order valence-electron chi connectivity index (χ1n) is 8.08. The van der Waals surface area contributed by atoms with Crippen molar-refractivity contribution in [1.82, 2.24) is 9.80 Å². The highest BCUT2D eigenvalue weighted by Crippen LogP contribution is 2.48. The highest BCUT2D eigenvalue weighted by molar-refractivity contribution is 6.07. The van der Waals surface area contributed by atoms with Crippen molar-refractivity contribution >= 4 is 11.8 Å². The molecule has 116 valence electrons. The van der Waals surface area contributed by atoms with Crippen molar-refractivity contribution in [2.45, 2.75) is 59.3 Å². The van der Waals surface area contributed by atoms with Gasteiger partial charge in [0.15, 0.2) is 0 Å². The summed E-state index contributed by atoms with van der Waals surface area (Å²) in [6.07, 6.45) is 5.41. The third kappa shape index (κ3) is 3.74. The number of unbranched alkanes of at least 4 members (excludes halogenated alkanes) is 1. The Morgan fingerprint density at radius 2 is 1.45 bits per heavy atom. The smallest absolute Gasteiger partial charge is 0.238 e. The third-order valence-electron chi connectivity index (χ3n) is 4.04. The second-order valence-electron chi connectivity index (χ2n) is 5.95. The Hall–Kier alpha value is -1.06. The second-order valence-corrected chi connectivity index (χ2v) is 5.95. The molecule has 0 spiro atoms. The SMILES string of the molecule is CCCCN(C)C(=O)C1(C(=O)N(CCC)CCC)CC1. The number of hydrogen-bond acceptors (Lipinski definition) is 2. The molecule has 0 saturated heterocycles. The van der Waals surface area contributed by atoms with Gasteiger partial charge in [-0.2, -0.15) is 0 Å². The van der Waals surface area contributed by atoms with Crippen LogP contribution in [-0.4, -0.2) is 48.3 Å². The van der Waals surface area contributed by atoms with E-state index in [0.29, 0.717) is 0 Å². The van der Waals surface area contributed by atoms with Gasteiger partial charge in [-0.25, -0.2) is 0 Å². The van der Waals surface area contributed by atoms with Crippen molar-refractivity contribution < 1.29 is 9.59 Å². The molecule has 0 aromatic carbocycles. The number of hydrogen-bond donors (Lipinski definition) is 0. The second kappa shape index (κ2) is 7.65. The van der Waals surface area contributed by atoms with Crippen LogP contribution in [0.3, 0.4) is 0 Å². The van der Waals surface area contributed by atoms with Crippen molar-refractivity contribution in [1.29, 1.82) is 0 Å². The molecule has 1 saturated carbocycles. The van der Waals surface area contributed by atoms with Gasteiger partial charge in [-0.15, -0.1) is 0 Å². The lowest BCUT2D eigenvalue weighted by Crippen LogP contribution is -2.46. The van der Waals surface area contributed by atoms with Gasteiger partial charge in [0.1, 0.15) is 5.41 Å². The summed E-state index contributed by atoms with van der Waals surface area (Å²) in [7, 11) is 1.83. The van der Waals surface area contributed by atoms with E-state index in [2.05, 4.69) is 20.8 Å². The fraction of sp³-hybridized carbons (Fsp3) is 0.875. The molecule has 0 bridgehead atoms. The first kappa shape index (κ1) is 17.0. The van der Waals surface area contributed by atoms with Gasteiger partial charge in [0.05, 0.1) is 0 Å². The average molecular weight is 282 g/mol. The molecule has 1 rings (SSSR count). The van der Waals surface area contributed by atoms with Gasteiger partial charge in [-0.1, -0.05) is 27.2 Å². The zero-order valence-electron chi connectivity index (χ0n) is 13.6. The summed E-state index contributed by atoms with van der Waals surface area (Å²) >= 11 is 0. The molecule has 4 nitrogen and oxygen atoms in total. The van der Waals surface area contributed by atoms with E-state index in [0.717, 1.165) is 58.2 Å². The molecule has 0 unspecified atom stereocenters. The number of nitrogens with zero attached hydrogens (tertiary/aromatic N) is 2. The maximum atomic E-state index is 12.7. The van der Waals surface area contributed by atoms with Crippen LogP contribution >= 0.6 is 0 Å². The highest BCUT2D eigenvalue weighted by Gasteiger charge is 2.58. The average Bonchev–Trinajstić information content (AvgIpc) is 3.24. The first-order chi connectivity index (χ1) is 9.53. The van der Waals surface area contributed by atoms with Crippen LogP contribution in [0.1, 0.15) is 59.3 Å². The molecule has 2 amide bonds. The molecule has 0 aliphatic heterocycles. The highest BCUT2D eigenvalue weighted by atomic mass is 16.2. The summed E-state index contributed by atoms with van der Waals surface area (Å²) in [5.41, 5.74) is -0.715. The predicted octanol–water partition coefficient (Wildman–Crippen LogP) is 2.67. The quantitative estimate of drug-likeness (QED) is 0.610. The minimum absolute atomic E-state index is 0.0353. The van der Waals surface area contributed by atoms with Crippen LogP contribution in [0.5, 0.6) is 0 Å². The van der Waals surface area contributed by atoms with Crippen molar-refractivity contribution in [3.63, 3.8) is 0 Å². The Morgan fingerprint density at radius 1 is 0.900 bits per heavy atom. The molecule has 0 aromatic rings. The number of carbonyl (C=O) groups is 2. The minimum atomic E-state index is -0.715. The molecule has 1 aliphatic carbocycles. The molecule has 0 heterocycles. The lowest BCUT2D eigenvalue weighted by Gasteiger charge is -2.29. The van der Waals surface area contributed by atoms with E-state index in [-0.39, 0.29) is 11.8 Å². The van der Waals surface area contributed by atoms with Gasteiger partial charge in [0.2, 0.25) is 11.8 Å². The Labute approximate surface area is 123 Å². The normalized spacial score (nSPS) is 15.8. The van der Waals surface area contributed by atoms with Crippen LogP contribution in [0.15, 0.2) is 0 Å². The Balaban J connectivity index is 2.71. The summed E-state index contributed by atoms with van der Waals surface area (Å²) < 4.78 is 0. The molecule has 0 radical (unpaired) electrons. The topological polar surface area (TPSA) is 40.6 Å². The van der Waals surface area contributed by atoms with E-state index in [4.69, 9.17) is 0 Å². The van der Waals surface area contributed by atoms with Crippen LogP contribution in [0, 0.1) is 5.41 Å². The van der Waals surface area contributed by atoms with E-state index in [1.165, 1.54) is 0 Å². The summed E-state index contributed by atoms with van der Waals surface area (Å²) in [5.74, 6) is 0.0997. The van der Waals surface area contributed by atoms with Gasteiger partial charge >= 0.3 is 0 Å².